The maximum Gasteiger partial charge on any atom is 0.243 e. The van der Waals surface area contributed by atoms with E-state index in [-0.39, 0.29) is 0 Å². The lowest BCUT2D eigenvalue weighted by Gasteiger charge is -2.22. The Balaban J connectivity index is 1.64. The maximum atomic E-state index is 6.95. The van der Waals surface area contributed by atoms with Crippen LogP contribution >= 0.6 is 0 Å². The third kappa shape index (κ3) is 2.96. The monoisotopic (exact) mass is 365 g/mol. The van der Waals surface area contributed by atoms with Gasteiger partial charge >= 0.3 is 0 Å². The van der Waals surface area contributed by atoms with Gasteiger partial charge in [0.2, 0.25) is 6.10 Å². The van der Waals surface area contributed by atoms with Gasteiger partial charge in [0.25, 0.3) is 0 Å². The van der Waals surface area contributed by atoms with Gasteiger partial charge in [0.15, 0.2) is 5.60 Å². The van der Waals surface area contributed by atoms with E-state index in [1.807, 2.05) is 0 Å². The van der Waals surface area contributed by atoms with Gasteiger partial charge < -0.3 is 0 Å². The summed E-state index contributed by atoms with van der Waals surface area (Å²) < 4.78 is 6.95. The Bertz CT molecular complexity index is 901. The molecular weight excluding hydrogens is 340 g/mol. The van der Waals surface area contributed by atoms with Gasteiger partial charge in [-0.05, 0) is 36.0 Å². The maximum absolute atomic E-state index is 6.95. The Hall–Kier alpha value is -2.77. The Morgan fingerprint density at radius 3 is 1.54 bits per heavy atom. The Kier molecular flexibility index (Phi) is 4.54. The lowest BCUT2D eigenvalue weighted by atomic mass is 9.93. The molecule has 0 aromatic heterocycles. The van der Waals surface area contributed by atoms with Crippen molar-refractivity contribution < 1.29 is 4.74 Å². The van der Waals surface area contributed by atoms with E-state index in [0.717, 1.165) is 12.8 Å². The normalized spacial score (nSPS) is 18.2. The van der Waals surface area contributed by atoms with E-state index in [9.17, 15) is 0 Å². The minimum absolute atomic E-state index is 0.462. The van der Waals surface area contributed by atoms with Crippen LogP contribution in [-0.2, 0) is 10.3 Å². The molecule has 0 unspecified atom stereocenters. The minimum Gasteiger partial charge on any atom is -0.173 e. The summed E-state index contributed by atoms with van der Waals surface area (Å²) >= 11 is 0. The van der Waals surface area contributed by atoms with Crippen molar-refractivity contribution in [3.05, 3.63) is 114 Å². The van der Waals surface area contributed by atoms with Gasteiger partial charge in [0.1, 0.15) is 12.8 Å². The molecule has 0 aliphatic heterocycles. The highest BCUT2D eigenvalue weighted by Gasteiger charge is 2.62. The first-order valence-corrected chi connectivity index (χ1v) is 10.3. The summed E-state index contributed by atoms with van der Waals surface area (Å²) in [6.45, 7) is 0. The lowest BCUT2D eigenvalue weighted by Crippen LogP contribution is -2.23. The summed E-state index contributed by atoms with van der Waals surface area (Å²) in [5.74, 6) is 0. The number of rotatable bonds is 5. The lowest BCUT2D eigenvalue weighted by molar-refractivity contribution is 0.0474. The van der Waals surface area contributed by atoms with Crippen LogP contribution in [0.1, 0.15) is 48.8 Å². The molecule has 1 nitrogen and oxygen atoms in total. The topological polar surface area (TPSA) is 9.23 Å². The molecule has 28 heavy (non-hydrogen) atoms. The van der Waals surface area contributed by atoms with Crippen molar-refractivity contribution in [2.45, 2.75) is 37.7 Å². The Morgan fingerprint density at radius 2 is 1.04 bits per heavy atom. The molecule has 0 heterocycles. The molecular formula is C27H25O+. The van der Waals surface area contributed by atoms with Crippen molar-refractivity contribution in [1.29, 1.82) is 0 Å². The van der Waals surface area contributed by atoms with E-state index in [2.05, 4.69) is 91.0 Å². The molecule has 5 rings (SSSR count). The van der Waals surface area contributed by atoms with E-state index in [1.54, 1.807) is 0 Å². The second-order valence-corrected chi connectivity index (χ2v) is 7.73. The van der Waals surface area contributed by atoms with Gasteiger partial charge in [-0.1, -0.05) is 91.0 Å². The van der Waals surface area contributed by atoms with Crippen molar-refractivity contribution in [2.24, 2.45) is 0 Å². The highest BCUT2D eigenvalue weighted by atomic mass is 16.5. The fourth-order valence-electron chi connectivity index (χ4n) is 4.56. The third-order valence-electron chi connectivity index (χ3n) is 5.91. The number of hydrogen-bond donors (Lipinski definition) is 0. The Labute approximate surface area is 167 Å². The van der Waals surface area contributed by atoms with Crippen LogP contribution in [0.2, 0.25) is 0 Å². The summed E-state index contributed by atoms with van der Waals surface area (Å²) in [5, 5.41) is 0. The fraction of sp³-hybridized carbons (Fsp3) is 0.222. The summed E-state index contributed by atoms with van der Waals surface area (Å²) in [7, 11) is 0. The molecule has 1 heteroatoms. The van der Waals surface area contributed by atoms with Gasteiger partial charge in [-0.2, -0.15) is 4.74 Å². The van der Waals surface area contributed by atoms with E-state index in [0.29, 0.717) is 0 Å². The molecule has 1 fully saturated rings. The van der Waals surface area contributed by atoms with Gasteiger partial charge in [-0.3, -0.25) is 0 Å². The highest BCUT2D eigenvalue weighted by molar-refractivity contribution is 6.17. The molecule has 3 aromatic rings. The molecule has 0 atom stereocenters. The zero-order chi connectivity index (χ0) is 18.8. The van der Waals surface area contributed by atoms with Crippen molar-refractivity contribution in [3.8, 4) is 0 Å². The summed E-state index contributed by atoms with van der Waals surface area (Å²) in [6, 6.07) is 32.2. The first-order chi connectivity index (χ1) is 13.9. The van der Waals surface area contributed by atoms with Crippen LogP contribution in [0.25, 0.3) is 11.1 Å². The minimum atomic E-state index is -0.462. The molecule has 1 saturated carbocycles. The molecule has 0 saturated heterocycles. The summed E-state index contributed by atoms with van der Waals surface area (Å²) in [4.78, 5) is 0. The molecule has 0 radical (unpaired) electrons. The molecule has 0 spiro atoms. The number of hydrogen-bond acceptors (Lipinski definition) is 1. The molecule has 0 bridgehead atoms. The molecule has 3 aromatic carbocycles. The predicted molar refractivity (Wildman–Crippen MR) is 115 cm³/mol. The van der Waals surface area contributed by atoms with Crippen LogP contribution in [0, 0.1) is 6.10 Å². The van der Waals surface area contributed by atoms with Crippen molar-refractivity contribution in [2.75, 3.05) is 0 Å². The number of ether oxygens (including phenoxy) is 1. The first-order valence-electron chi connectivity index (χ1n) is 10.3. The van der Waals surface area contributed by atoms with Gasteiger partial charge in [-0.15, -0.1) is 0 Å². The average Bonchev–Trinajstić information content (AvgIpc) is 3.45. The van der Waals surface area contributed by atoms with Crippen LogP contribution in [0.5, 0.6) is 0 Å². The molecule has 2 aliphatic carbocycles. The van der Waals surface area contributed by atoms with Crippen molar-refractivity contribution in [3.63, 3.8) is 0 Å². The van der Waals surface area contributed by atoms with Gasteiger partial charge in [0, 0.05) is 11.1 Å². The zero-order valence-corrected chi connectivity index (χ0v) is 16.1. The van der Waals surface area contributed by atoms with E-state index in [1.165, 1.54) is 53.2 Å². The van der Waals surface area contributed by atoms with Gasteiger partial charge in [-0.25, -0.2) is 0 Å². The molecule has 138 valence electrons. The average molecular weight is 365 g/mol. The van der Waals surface area contributed by atoms with Crippen molar-refractivity contribution in [1.82, 2.24) is 0 Å². The van der Waals surface area contributed by atoms with Crippen LogP contribution in [0.4, 0.5) is 0 Å². The van der Waals surface area contributed by atoms with Gasteiger partial charge in [0.05, 0.1) is 0 Å². The zero-order valence-electron chi connectivity index (χ0n) is 16.1. The Morgan fingerprint density at radius 1 is 0.571 bits per heavy atom. The molecule has 0 amide bonds. The fourth-order valence-corrected chi connectivity index (χ4v) is 4.56. The van der Waals surface area contributed by atoms with Crippen LogP contribution in [0.15, 0.2) is 91.0 Å². The van der Waals surface area contributed by atoms with E-state index < -0.39 is 5.60 Å². The highest BCUT2D eigenvalue weighted by Crippen LogP contribution is 2.66. The van der Waals surface area contributed by atoms with Crippen LogP contribution in [-0.4, -0.2) is 0 Å². The largest absolute Gasteiger partial charge is 0.243 e. The molecule has 2 aliphatic rings. The smallest absolute Gasteiger partial charge is 0.173 e. The van der Waals surface area contributed by atoms with Crippen LogP contribution < -0.4 is 0 Å². The standard InChI is InChI=1S/C27H25O/c1-5-13-21(14-6-1)25-26(22-15-7-2-8-16-22)27(25,23-17-9-3-10-18-23)28-24-19-11-4-12-20-24/h1-3,5-10,13-18H,4,11-12,19-20H2/q+1. The summed E-state index contributed by atoms with van der Waals surface area (Å²) in [5.41, 5.74) is 5.89. The second kappa shape index (κ2) is 7.33. The molecule has 0 N–H and O–H groups in total. The number of benzene rings is 3. The quantitative estimate of drug-likeness (QED) is 0.441. The van der Waals surface area contributed by atoms with Crippen LogP contribution in [0.3, 0.4) is 0 Å². The third-order valence-corrected chi connectivity index (χ3v) is 5.91. The first kappa shape index (κ1) is 17.3. The van der Waals surface area contributed by atoms with Crippen molar-refractivity contribution >= 4 is 11.1 Å². The summed E-state index contributed by atoms with van der Waals surface area (Å²) in [6.07, 6.45) is 7.21. The van der Waals surface area contributed by atoms with E-state index in [4.69, 9.17) is 4.74 Å². The second-order valence-electron chi connectivity index (χ2n) is 7.73. The SMILES string of the molecule is c1ccc(C2=C(c3ccccc3)C2(O[C+]2CCCCC2)c2ccccc2)cc1. The predicted octanol–water partition coefficient (Wildman–Crippen LogP) is 7.02. The van der Waals surface area contributed by atoms with E-state index >= 15 is 0 Å².